The van der Waals surface area contributed by atoms with Gasteiger partial charge in [-0.2, -0.15) is 0 Å². The van der Waals surface area contributed by atoms with Crippen molar-refractivity contribution in [3.63, 3.8) is 0 Å². The quantitative estimate of drug-likeness (QED) is 0.798. The van der Waals surface area contributed by atoms with Crippen LogP contribution in [0.3, 0.4) is 0 Å². The Morgan fingerprint density at radius 3 is 2.41 bits per heavy atom. The number of carboxylic acid groups (broad SMARTS) is 1. The summed E-state index contributed by atoms with van der Waals surface area (Å²) in [4.78, 5) is 15.0. The summed E-state index contributed by atoms with van der Waals surface area (Å²) in [6.45, 7) is 1.14. The Balaban J connectivity index is 1.72. The molecule has 2 aromatic rings. The first-order chi connectivity index (χ1) is 13.0. The molecule has 1 heterocycles. The second kappa shape index (κ2) is 8.67. The van der Waals surface area contributed by atoms with E-state index in [0.29, 0.717) is 37.2 Å². The molecule has 0 bridgehead atoms. The topological polar surface area (TPSA) is 43.8 Å². The van der Waals surface area contributed by atoms with Gasteiger partial charge in [0, 0.05) is 36.3 Å². The molecule has 0 amide bonds. The molecule has 0 aromatic heterocycles. The second-order valence-corrected chi connectivity index (χ2v) is 7.08. The van der Waals surface area contributed by atoms with Crippen LogP contribution in [0.5, 0.6) is 0 Å². The Kier molecular flexibility index (Phi) is 6.29. The van der Waals surface area contributed by atoms with E-state index in [2.05, 4.69) is 0 Å². The summed E-state index contributed by atoms with van der Waals surface area (Å²) < 4.78 is 28.1. The molecule has 0 aliphatic carbocycles. The van der Waals surface area contributed by atoms with Gasteiger partial charge in [0.25, 0.3) is 0 Å². The Labute approximate surface area is 162 Å². The van der Waals surface area contributed by atoms with Gasteiger partial charge >= 0.3 is 5.97 Å². The van der Waals surface area contributed by atoms with Crippen molar-refractivity contribution in [2.45, 2.75) is 25.4 Å². The van der Waals surface area contributed by atoms with Crippen LogP contribution in [0.2, 0.25) is 5.02 Å². The van der Waals surface area contributed by atoms with Crippen molar-refractivity contribution in [1.82, 2.24) is 4.90 Å². The minimum Gasteiger partial charge on any atom is -0.480 e. The van der Waals surface area contributed by atoms with Gasteiger partial charge in [0.05, 0.1) is 12.2 Å². The van der Waals surface area contributed by atoms with Gasteiger partial charge in [-0.25, -0.2) is 8.78 Å². The van der Waals surface area contributed by atoms with E-state index in [4.69, 9.17) is 11.6 Å². The lowest BCUT2D eigenvalue weighted by Crippen LogP contribution is -2.46. The molecule has 1 saturated heterocycles. The van der Waals surface area contributed by atoms with Gasteiger partial charge in [0.2, 0.25) is 0 Å². The van der Waals surface area contributed by atoms with E-state index in [1.807, 2.05) is 4.90 Å². The van der Waals surface area contributed by atoms with Crippen molar-refractivity contribution in [1.29, 1.82) is 0 Å². The molecule has 0 atom stereocenters. The van der Waals surface area contributed by atoms with E-state index in [0.717, 1.165) is 0 Å². The highest BCUT2D eigenvalue weighted by molar-refractivity contribution is 6.31. The Morgan fingerprint density at radius 1 is 1.11 bits per heavy atom. The molecule has 7 heteroatoms. The molecule has 0 saturated carbocycles. The minimum atomic E-state index is -0.973. The SMILES string of the molecule is O=C(O)CN(Cc1c(F)cccc1Cl)C1CCN(c2ccccc2F)CC1. The van der Waals surface area contributed by atoms with Crippen LogP contribution in [0.1, 0.15) is 18.4 Å². The van der Waals surface area contributed by atoms with Gasteiger partial charge in [-0.1, -0.05) is 29.8 Å². The summed E-state index contributed by atoms with van der Waals surface area (Å²) in [6, 6.07) is 11.0. The Bertz CT molecular complexity index is 790. The molecule has 3 rings (SSSR count). The average Bonchev–Trinajstić information content (AvgIpc) is 2.64. The van der Waals surface area contributed by atoms with Gasteiger partial charge in [-0.15, -0.1) is 0 Å². The van der Waals surface area contributed by atoms with E-state index >= 15 is 0 Å². The van der Waals surface area contributed by atoms with Crippen LogP contribution in [0.25, 0.3) is 0 Å². The molecule has 2 aromatic carbocycles. The highest BCUT2D eigenvalue weighted by atomic mass is 35.5. The number of carboxylic acids is 1. The number of hydrogen-bond acceptors (Lipinski definition) is 3. The first kappa shape index (κ1) is 19.6. The number of hydrogen-bond donors (Lipinski definition) is 1. The van der Waals surface area contributed by atoms with Crippen LogP contribution in [-0.4, -0.2) is 41.7 Å². The first-order valence-electron chi connectivity index (χ1n) is 8.84. The fourth-order valence-electron chi connectivity index (χ4n) is 3.55. The fourth-order valence-corrected chi connectivity index (χ4v) is 3.78. The highest BCUT2D eigenvalue weighted by Gasteiger charge is 2.28. The number of piperidine rings is 1. The van der Waals surface area contributed by atoms with Gasteiger partial charge in [-0.05, 0) is 37.1 Å². The van der Waals surface area contributed by atoms with E-state index in [9.17, 15) is 18.7 Å². The number of nitrogens with zero attached hydrogens (tertiary/aromatic N) is 2. The van der Waals surface area contributed by atoms with E-state index in [-0.39, 0.29) is 30.0 Å². The van der Waals surface area contributed by atoms with Crippen molar-refractivity contribution >= 4 is 23.3 Å². The number of para-hydroxylation sites is 1. The van der Waals surface area contributed by atoms with E-state index in [1.165, 1.54) is 18.2 Å². The number of aliphatic carboxylic acids is 1. The third-order valence-corrected chi connectivity index (χ3v) is 5.29. The molecule has 144 valence electrons. The zero-order valence-corrected chi connectivity index (χ0v) is 15.5. The molecule has 0 radical (unpaired) electrons. The van der Waals surface area contributed by atoms with Crippen LogP contribution in [0.4, 0.5) is 14.5 Å². The van der Waals surface area contributed by atoms with Gasteiger partial charge in [0.15, 0.2) is 0 Å². The van der Waals surface area contributed by atoms with Crippen LogP contribution in [0, 0.1) is 11.6 Å². The van der Waals surface area contributed by atoms with Crippen molar-refractivity contribution in [3.05, 3.63) is 64.7 Å². The van der Waals surface area contributed by atoms with Crippen molar-refractivity contribution in [2.24, 2.45) is 0 Å². The molecule has 1 N–H and O–H groups in total. The lowest BCUT2D eigenvalue weighted by atomic mass is 10.0. The van der Waals surface area contributed by atoms with Crippen LogP contribution in [-0.2, 0) is 11.3 Å². The highest BCUT2D eigenvalue weighted by Crippen LogP contribution is 2.27. The predicted molar refractivity (Wildman–Crippen MR) is 101 cm³/mol. The van der Waals surface area contributed by atoms with Crippen LogP contribution < -0.4 is 4.90 Å². The van der Waals surface area contributed by atoms with Crippen LogP contribution >= 0.6 is 11.6 Å². The van der Waals surface area contributed by atoms with Gasteiger partial charge in [-0.3, -0.25) is 9.69 Å². The Morgan fingerprint density at radius 2 is 1.78 bits per heavy atom. The van der Waals surface area contributed by atoms with Gasteiger partial charge < -0.3 is 10.0 Å². The maximum absolute atomic E-state index is 14.1. The monoisotopic (exact) mass is 394 g/mol. The standard InChI is InChI=1S/C20H21ClF2N2O2/c21-16-4-3-6-17(22)15(16)12-25(13-20(26)27)14-8-10-24(11-9-14)19-7-2-1-5-18(19)23/h1-7,14H,8-13H2,(H,26,27). The number of halogens is 3. The largest absolute Gasteiger partial charge is 0.480 e. The summed E-state index contributed by atoms with van der Waals surface area (Å²) >= 11 is 6.11. The number of benzene rings is 2. The number of rotatable bonds is 6. The molecule has 0 unspecified atom stereocenters. The first-order valence-corrected chi connectivity index (χ1v) is 9.21. The maximum Gasteiger partial charge on any atom is 0.317 e. The van der Waals surface area contributed by atoms with E-state index in [1.54, 1.807) is 29.2 Å². The summed E-state index contributed by atoms with van der Waals surface area (Å²) in [5.41, 5.74) is 0.856. The average molecular weight is 395 g/mol. The Hall–Kier alpha value is -2.18. The number of carbonyl (C=O) groups is 1. The molecule has 1 aliphatic rings. The van der Waals surface area contributed by atoms with Crippen LogP contribution in [0.15, 0.2) is 42.5 Å². The zero-order valence-electron chi connectivity index (χ0n) is 14.7. The molecule has 1 aliphatic heterocycles. The maximum atomic E-state index is 14.1. The smallest absolute Gasteiger partial charge is 0.317 e. The third-order valence-electron chi connectivity index (χ3n) is 4.94. The van der Waals surface area contributed by atoms with Gasteiger partial charge in [0.1, 0.15) is 11.6 Å². The normalized spacial score (nSPS) is 15.3. The summed E-state index contributed by atoms with van der Waals surface area (Å²) in [5, 5.41) is 9.56. The summed E-state index contributed by atoms with van der Waals surface area (Å²) in [5.74, 6) is -1.68. The lowest BCUT2D eigenvalue weighted by molar-refractivity contribution is -0.139. The molecule has 1 fully saturated rings. The molecule has 0 spiro atoms. The lowest BCUT2D eigenvalue weighted by Gasteiger charge is -2.39. The zero-order chi connectivity index (χ0) is 19.4. The minimum absolute atomic E-state index is 0.0419. The number of anilines is 1. The van der Waals surface area contributed by atoms with Crippen molar-refractivity contribution < 1.29 is 18.7 Å². The molecule has 4 nitrogen and oxygen atoms in total. The predicted octanol–water partition coefficient (Wildman–Crippen LogP) is 4.17. The van der Waals surface area contributed by atoms with Crippen molar-refractivity contribution in [2.75, 3.05) is 24.5 Å². The van der Waals surface area contributed by atoms with E-state index < -0.39 is 11.8 Å². The third kappa shape index (κ3) is 4.76. The molecular formula is C20H21ClF2N2O2. The summed E-state index contributed by atoms with van der Waals surface area (Å²) in [6.07, 6.45) is 1.32. The molecule has 27 heavy (non-hydrogen) atoms. The summed E-state index contributed by atoms with van der Waals surface area (Å²) in [7, 11) is 0. The molecular weight excluding hydrogens is 374 g/mol. The fraction of sp³-hybridized carbons (Fsp3) is 0.350. The second-order valence-electron chi connectivity index (χ2n) is 6.67. The van der Waals surface area contributed by atoms with Crippen molar-refractivity contribution in [3.8, 4) is 0 Å².